The van der Waals surface area contributed by atoms with Crippen LogP contribution in [0.3, 0.4) is 0 Å². The fraction of sp³-hybridized carbons (Fsp3) is 0.526. The number of amides is 3. The lowest BCUT2D eigenvalue weighted by molar-refractivity contribution is -0.144. The molecule has 0 spiro atoms. The van der Waals surface area contributed by atoms with Crippen molar-refractivity contribution in [3.8, 4) is 0 Å². The van der Waals surface area contributed by atoms with Crippen LogP contribution in [0.15, 0.2) is 18.2 Å². The van der Waals surface area contributed by atoms with E-state index < -0.39 is 24.6 Å². The van der Waals surface area contributed by atoms with E-state index in [9.17, 15) is 18.8 Å². The Hall–Kier alpha value is -2.88. The van der Waals surface area contributed by atoms with Gasteiger partial charge in [0, 0.05) is 32.5 Å². The van der Waals surface area contributed by atoms with Crippen molar-refractivity contribution in [3.63, 3.8) is 0 Å². The third kappa shape index (κ3) is 3.59. The first-order valence-electron chi connectivity index (χ1n) is 9.54. The van der Waals surface area contributed by atoms with Gasteiger partial charge in [-0.05, 0) is 18.2 Å². The molecule has 3 aliphatic rings. The Bertz CT molecular complexity index is 850. The van der Waals surface area contributed by atoms with E-state index in [1.807, 2.05) is 4.90 Å². The number of nitrogens with zero attached hydrogens (tertiary/aromatic N) is 3. The average Bonchev–Trinajstić information content (AvgIpc) is 3.20. The highest BCUT2D eigenvalue weighted by Crippen LogP contribution is 2.37. The number of halogens is 1. The van der Waals surface area contributed by atoms with Crippen LogP contribution in [0.25, 0.3) is 0 Å². The Morgan fingerprint density at radius 3 is 2.76 bits per heavy atom. The molecule has 3 saturated heterocycles. The van der Waals surface area contributed by atoms with Crippen LogP contribution < -0.4 is 15.1 Å². The van der Waals surface area contributed by atoms with Crippen LogP contribution in [-0.2, 0) is 14.3 Å². The minimum atomic E-state index is -0.579. The van der Waals surface area contributed by atoms with Gasteiger partial charge in [-0.25, -0.2) is 9.18 Å². The highest BCUT2D eigenvalue weighted by atomic mass is 19.1. The highest BCUT2D eigenvalue weighted by molar-refractivity contribution is 5.90. The van der Waals surface area contributed by atoms with Gasteiger partial charge in [-0.1, -0.05) is 0 Å². The Morgan fingerprint density at radius 2 is 2.07 bits per heavy atom. The van der Waals surface area contributed by atoms with Gasteiger partial charge in [0.25, 0.3) is 0 Å². The van der Waals surface area contributed by atoms with E-state index in [1.165, 1.54) is 17.9 Å². The summed E-state index contributed by atoms with van der Waals surface area (Å²) in [6.07, 6.45) is -1.07. The van der Waals surface area contributed by atoms with Crippen molar-refractivity contribution in [1.29, 1.82) is 0 Å². The second-order valence-corrected chi connectivity index (χ2v) is 7.63. The van der Waals surface area contributed by atoms with E-state index in [2.05, 4.69) is 5.32 Å². The lowest BCUT2D eigenvalue weighted by Gasteiger charge is -2.43. The summed E-state index contributed by atoms with van der Waals surface area (Å²) >= 11 is 0. The first kappa shape index (κ1) is 19.4. The zero-order chi connectivity index (χ0) is 20.7. The Kier molecular flexibility index (Phi) is 5.03. The first-order chi connectivity index (χ1) is 13.9. The largest absolute Gasteiger partial charge is 0.442 e. The number of hydrogen-bond acceptors (Lipinski definition) is 6. The number of likely N-dealkylation sites (tertiary alicyclic amines) is 1. The summed E-state index contributed by atoms with van der Waals surface area (Å²) in [6, 6.07) is 4.59. The molecule has 0 saturated carbocycles. The summed E-state index contributed by atoms with van der Waals surface area (Å²) in [6.45, 7) is 3.03. The molecule has 9 nitrogen and oxygen atoms in total. The molecule has 0 unspecified atom stereocenters. The molecule has 156 valence electrons. The summed E-state index contributed by atoms with van der Waals surface area (Å²) in [5, 5.41) is 11.6. The van der Waals surface area contributed by atoms with Crippen molar-refractivity contribution >= 4 is 29.3 Å². The van der Waals surface area contributed by atoms with Crippen molar-refractivity contribution in [2.24, 2.45) is 5.92 Å². The van der Waals surface area contributed by atoms with Gasteiger partial charge in [0.15, 0.2) is 0 Å². The SMILES string of the molecule is CC(=O)NC[C@H]1CN(c2ccc(N3C[C@H]4CN(C(=O)CO)[C@H]4C3)c(F)c2)C(=O)O1. The van der Waals surface area contributed by atoms with Gasteiger partial charge < -0.3 is 25.0 Å². The molecular weight excluding hydrogens is 383 g/mol. The molecule has 0 bridgehead atoms. The van der Waals surface area contributed by atoms with Crippen LogP contribution in [0, 0.1) is 11.7 Å². The van der Waals surface area contributed by atoms with Crippen LogP contribution >= 0.6 is 0 Å². The second kappa shape index (κ2) is 7.51. The fourth-order valence-electron chi connectivity index (χ4n) is 4.23. The van der Waals surface area contributed by atoms with Crippen LogP contribution in [0.1, 0.15) is 6.92 Å². The Labute approximate surface area is 167 Å². The van der Waals surface area contributed by atoms with Gasteiger partial charge in [-0.3, -0.25) is 14.5 Å². The molecule has 3 heterocycles. The van der Waals surface area contributed by atoms with E-state index >= 15 is 0 Å². The number of benzene rings is 1. The smallest absolute Gasteiger partial charge is 0.414 e. The topological polar surface area (TPSA) is 102 Å². The molecule has 3 amide bonds. The molecule has 0 radical (unpaired) electrons. The van der Waals surface area contributed by atoms with Crippen molar-refractivity contribution in [3.05, 3.63) is 24.0 Å². The maximum Gasteiger partial charge on any atom is 0.414 e. The molecule has 1 aromatic rings. The quantitative estimate of drug-likeness (QED) is 0.710. The minimum absolute atomic E-state index is 0.00294. The van der Waals surface area contributed by atoms with Crippen LogP contribution in [0.2, 0.25) is 0 Å². The number of carbonyl (C=O) groups is 3. The second-order valence-electron chi connectivity index (χ2n) is 7.63. The number of aliphatic hydroxyl groups excluding tert-OH is 1. The van der Waals surface area contributed by atoms with E-state index in [1.54, 1.807) is 17.0 Å². The van der Waals surface area contributed by atoms with E-state index in [0.717, 1.165) is 0 Å². The molecule has 0 aliphatic carbocycles. The van der Waals surface area contributed by atoms with Crippen LogP contribution in [-0.4, -0.2) is 79.4 Å². The van der Waals surface area contributed by atoms with E-state index in [4.69, 9.17) is 9.84 Å². The van der Waals surface area contributed by atoms with E-state index in [0.29, 0.717) is 31.0 Å². The number of hydrogen-bond donors (Lipinski definition) is 2. The predicted molar refractivity (Wildman–Crippen MR) is 101 cm³/mol. The molecule has 3 fully saturated rings. The molecule has 3 aliphatic heterocycles. The van der Waals surface area contributed by atoms with Crippen molar-refractivity contribution in [2.75, 3.05) is 49.1 Å². The van der Waals surface area contributed by atoms with Gasteiger partial charge in [-0.2, -0.15) is 0 Å². The lowest BCUT2D eigenvalue weighted by Crippen LogP contribution is -2.58. The monoisotopic (exact) mass is 406 g/mol. The minimum Gasteiger partial charge on any atom is -0.442 e. The summed E-state index contributed by atoms with van der Waals surface area (Å²) in [5.74, 6) is -0.700. The summed E-state index contributed by atoms with van der Waals surface area (Å²) in [4.78, 5) is 39.7. The average molecular weight is 406 g/mol. The summed E-state index contributed by atoms with van der Waals surface area (Å²) in [5.41, 5.74) is 0.808. The number of cyclic esters (lactones) is 1. The number of carbonyl (C=O) groups excluding carboxylic acids is 3. The van der Waals surface area contributed by atoms with Gasteiger partial charge in [-0.15, -0.1) is 0 Å². The van der Waals surface area contributed by atoms with Gasteiger partial charge in [0.2, 0.25) is 11.8 Å². The predicted octanol–water partition coefficient (Wildman–Crippen LogP) is -0.0737. The standard InChI is InChI=1S/C19H23FN4O5/c1-11(26)21-5-14-8-23(19(28)29-14)13-2-3-16(15(20)4-13)22-6-12-7-24(17(12)9-22)18(27)10-25/h2-4,12,14,17,25H,5-10H2,1H3,(H,21,26)/t12-,14-,17-/m0/s1. The number of nitrogens with one attached hydrogen (secondary N) is 1. The molecule has 1 aromatic carbocycles. The molecule has 2 N–H and O–H groups in total. The van der Waals surface area contributed by atoms with Gasteiger partial charge in [0.05, 0.1) is 30.5 Å². The number of aliphatic hydroxyl groups is 1. The normalized spacial score (nSPS) is 25.6. The molecule has 4 rings (SSSR count). The maximum absolute atomic E-state index is 14.8. The molecule has 29 heavy (non-hydrogen) atoms. The van der Waals surface area contributed by atoms with Crippen LogP contribution in [0.4, 0.5) is 20.6 Å². The molecule has 10 heteroatoms. The fourth-order valence-corrected chi connectivity index (χ4v) is 4.23. The lowest BCUT2D eigenvalue weighted by atomic mass is 9.92. The van der Waals surface area contributed by atoms with Crippen molar-refractivity contribution in [2.45, 2.75) is 19.1 Å². The summed E-state index contributed by atoms with van der Waals surface area (Å²) in [7, 11) is 0. The first-order valence-corrected chi connectivity index (χ1v) is 9.54. The molecular formula is C19H23FN4O5. The molecule has 0 aromatic heterocycles. The third-order valence-electron chi connectivity index (χ3n) is 5.73. The molecule has 3 atom stereocenters. The van der Waals surface area contributed by atoms with Crippen molar-refractivity contribution < 1.29 is 28.6 Å². The zero-order valence-corrected chi connectivity index (χ0v) is 16.0. The maximum atomic E-state index is 14.8. The zero-order valence-electron chi connectivity index (χ0n) is 16.0. The number of fused-ring (bicyclic) bond motifs is 1. The third-order valence-corrected chi connectivity index (χ3v) is 5.73. The van der Waals surface area contributed by atoms with Gasteiger partial charge >= 0.3 is 6.09 Å². The number of anilines is 2. The Morgan fingerprint density at radius 1 is 1.28 bits per heavy atom. The van der Waals surface area contributed by atoms with E-state index in [-0.39, 0.29) is 36.9 Å². The summed E-state index contributed by atoms with van der Waals surface area (Å²) < 4.78 is 20.0. The highest BCUT2D eigenvalue weighted by Gasteiger charge is 2.48. The number of rotatable bonds is 5. The Balaban J connectivity index is 1.42. The van der Waals surface area contributed by atoms with Crippen LogP contribution in [0.5, 0.6) is 0 Å². The van der Waals surface area contributed by atoms with Gasteiger partial charge in [0.1, 0.15) is 18.5 Å². The number of ether oxygens (including phenoxy) is 1. The van der Waals surface area contributed by atoms with Crippen molar-refractivity contribution in [1.82, 2.24) is 10.2 Å².